The van der Waals surface area contributed by atoms with Crippen molar-refractivity contribution in [2.75, 3.05) is 19.3 Å². The molecular formula is C28H45N2O7P+2. The molecule has 1 aromatic rings. The fourth-order valence-corrected chi connectivity index (χ4v) is 5.96. The Morgan fingerprint density at radius 3 is 2.45 bits per heavy atom. The van der Waals surface area contributed by atoms with Gasteiger partial charge in [-0.05, 0) is 49.2 Å². The van der Waals surface area contributed by atoms with E-state index in [4.69, 9.17) is 9.26 Å². The van der Waals surface area contributed by atoms with Crippen molar-refractivity contribution < 1.29 is 37.8 Å². The summed E-state index contributed by atoms with van der Waals surface area (Å²) in [6.07, 6.45) is 6.48. The normalized spacial score (nSPS) is 20.1. The van der Waals surface area contributed by atoms with Gasteiger partial charge in [0.05, 0.1) is 6.54 Å². The standard InChI is InChI=1S/C28H43N2O7P/c1-3-4-5-6-7-13-21-38(35)37-25(26(31)30(28(33)34)20-14-15-23(30)2)18-11-12-19-29-27(32)36-22-24-16-9-8-10-17-24/h8-10,16-17,23,25H,3-7,11-15,18-22H2,1-2H3/p+2/t23-,25+,30?/m1/s1. The number of nitrogens with zero attached hydrogens (tertiary/aromatic N) is 1. The van der Waals surface area contributed by atoms with Crippen molar-refractivity contribution in [1.82, 2.24) is 5.32 Å². The van der Waals surface area contributed by atoms with Gasteiger partial charge in [0, 0.05) is 19.4 Å². The van der Waals surface area contributed by atoms with Crippen LogP contribution < -0.4 is 5.32 Å². The van der Waals surface area contributed by atoms with E-state index in [1.54, 1.807) is 6.92 Å². The van der Waals surface area contributed by atoms with Gasteiger partial charge in [-0.25, -0.2) is 9.59 Å². The second-order valence-corrected chi connectivity index (χ2v) is 11.4. The number of unbranched alkanes of at least 4 members (excludes halogenated alkanes) is 6. The number of carboxylic acid groups (broad SMARTS) is 1. The number of likely N-dealkylation sites (tertiary alicyclic amines) is 1. The van der Waals surface area contributed by atoms with Crippen LogP contribution in [0.3, 0.4) is 0 Å². The number of imide groups is 1. The molecule has 1 aliphatic rings. The Morgan fingerprint density at radius 2 is 1.79 bits per heavy atom. The lowest BCUT2D eigenvalue weighted by atomic mass is 10.1. The molecule has 0 saturated carbocycles. The Hall–Kier alpha value is -2.35. The summed E-state index contributed by atoms with van der Waals surface area (Å²) in [6, 6.07) is 9.02. The summed E-state index contributed by atoms with van der Waals surface area (Å²) in [6.45, 7) is 4.67. The third-order valence-corrected chi connectivity index (χ3v) is 8.38. The minimum absolute atomic E-state index is 0.177. The number of hydrogen-bond donors (Lipinski definition) is 2. The highest BCUT2D eigenvalue weighted by Gasteiger charge is 2.56. The third-order valence-electron chi connectivity index (χ3n) is 7.21. The molecule has 1 aliphatic heterocycles. The smallest absolute Gasteiger partial charge is 0.445 e. The maximum absolute atomic E-state index is 13.5. The van der Waals surface area contributed by atoms with Crippen LogP contribution >= 0.6 is 8.03 Å². The zero-order valence-electron chi connectivity index (χ0n) is 22.9. The zero-order chi connectivity index (χ0) is 27.8. The Kier molecular flexibility index (Phi) is 14.5. The lowest BCUT2D eigenvalue weighted by Crippen LogP contribution is -2.61. The van der Waals surface area contributed by atoms with Gasteiger partial charge in [0.2, 0.25) is 6.10 Å². The maximum atomic E-state index is 13.5. The van der Waals surface area contributed by atoms with Gasteiger partial charge in [0.15, 0.2) is 6.16 Å². The summed E-state index contributed by atoms with van der Waals surface area (Å²) in [5.41, 5.74) is 0.892. The van der Waals surface area contributed by atoms with Crippen LogP contribution in [0.15, 0.2) is 30.3 Å². The summed E-state index contributed by atoms with van der Waals surface area (Å²) in [7, 11) is -2.07. The van der Waals surface area contributed by atoms with E-state index >= 15 is 0 Å². The largest absolute Gasteiger partial charge is 0.521 e. The Bertz CT molecular complexity index is 898. The fraction of sp³-hybridized carbons (Fsp3) is 0.679. The minimum Gasteiger partial charge on any atom is -0.445 e. The molecule has 0 aromatic heterocycles. The minimum atomic E-state index is -2.07. The van der Waals surface area contributed by atoms with E-state index in [0.29, 0.717) is 38.4 Å². The van der Waals surface area contributed by atoms with E-state index in [9.17, 15) is 24.1 Å². The Morgan fingerprint density at radius 1 is 1.08 bits per heavy atom. The van der Waals surface area contributed by atoms with E-state index in [1.807, 2.05) is 30.3 Å². The third kappa shape index (κ3) is 10.1. The lowest BCUT2D eigenvalue weighted by molar-refractivity contribution is -0.794. The molecule has 10 heteroatoms. The number of amides is 3. The van der Waals surface area contributed by atoms with Crippen molar-refractivity contribution in [1.29, 1.82) is 0 Å². The number of alkyl carbamates (subject to hydrolysis) is 1. The molecule has 1 heterocycles. The summed E-state index contributed by atoms with van der Waals surface area (Å²) >= 11 is 0. The zero-order valence-corrected chi connectivity index (χ0v) is 23.8. The first kappa shape index (κ1) is 31.9. The van der Waals surface area contributed by atoms with E-state index < -0.39 is 36.7 Å². The van der Waals surface area contributed by atoms with Gasteiger partial charge in [-0.2, -0.15) is 9.28 Å². The number of rotatable bonds is 17. The van der Waals surface area contributed by atoms with Crippen molar-refractivity contribution in [3.8, 4) is 0 Å². The van der Waals surface area contributed by atoms with Crippen molar-refractivity contribution in [3.63, 3.8) is 0 Å². The van der Waals surface area contributed by atoms with Crippen molar-refractivity contribution in [2.45, 2.75) is 103 Å². The van der Waals surface area contributed by atoms with Crippen LogP contribution in [0.5, 0.6) is 0 Å². The van der Waals surface area contributed by atoms with Crippen LogP contribution in [0.1, 0.15) is 90.0 Å². The number of benzene rings is 1. The number of hydrogen-bond acceptors (Lipinski definition) is 6. The second kappa shape index (κ2) is 17.3. The molecule has 4 atom stereocenters. The van der Waals surface area contributed by atoms with Crippen LogP contribution in [0.2, 0.25) is 0 Å². The number of ether oxygens (including phenoxy) is 1. The molecular weight excluding hydrogens is 507 g/mol. The second-order valence-electron chi connectivity index (χ2n) is 10.1. The lowest BCUT2D eigenvalue weighted by Gasteiger charge is -2.31. The highest BCUT2D eigenvalue weighted by atomic mass is 31.1. The maximum Gasteiger partial charge on any atom is 0.521 e. The molecule has 212 valence electrons. The topological polar surface area (TPSA) is 119 Å². The molecule has 0 aliphatic carbocycles. The van der Waals surface area contributed by atoms with Crippen molar-refractivity contribution in [3.05, 3.63) is 35.9 Å². The first-order valence-corrected chi connectivity index (χ1v) is 15.4. The molecule has 0 radical (unpaired) electrons. The average Bonchev–Trinajstić information content (AvgIpc) is 3.31. The summed E-state index contributed by atoms with van der Waals surface area (Å²) in [5.74, 6) is -0.524. The first-order chi connectivity index (χ1) is 18.3. The van der Waals surface area contributed by atoms with Crippen molar-refractivity contribution >= 4 is 26.1 Å². The molecule has 0 bridgehead atoms. The van der Waals surface area contributed by atoms with E-state index in [2.05, 4.69) is 12.2 Å². The van der Waals surface area contributed by atoms with Crippen molar-refractivity contribution in [2.24, 2.45) is 0 Å². The van der Waals surface area contributed by atoms with Gasteiger partial charge in [-0.15, -0.1) is 4.52 Å². The molecule has 1 aromatic carbocycles. The SMILES string of the molecule is CCCCCCCC[P+](=O)O[C@@H](CCCCNC(=O)OCc1ccccc1)C(=O)[N+]1(C(=O)O)CCC[C@H]1C. The summed E-state index contributed by atoms with van der Waals surface area (Å²) < 4.78 is 23.0. The summed E-state index contributed by atoms with van der Waals surface area (Å²) in [4.78, 5) is 37.7. The molecule has 38 heavy (non-hydrogen) atoms. The van der Waals surface area contributed by atoms with Crippen LogP contribution in [0.4, 0.5) is 9.59 Å². The van der Waals surface area contributed by atoms with Gasteiger partial charge in [-0.1, -0.05) is 62.9 Å². The highest BCUT2D eigenvalue weighted by Crippen LogP contribution is 2.34. The van der Waals surface area contributed by atoms with Gasteiger partial charge in [0.1, 0.15) is 12.6 Å². The Labute approximate surface area is 227 Å². The molecule has 2 N–H and O–H groups in total. The molecule has 9 nitrogen and oxygen atoms in total. The van der Waals surface area contributed by atoms with E-state index in [-0.39, 0.29) is 25.6 Å². The quantitative estimate of drug-likeness (QED) is 0.124. The number of carbonyl (C=O) groups excluding carboxylic acids is 2. The average molecular weight is 553 g/mol. The molecule has 0 spiro atoms. The first-order valence-electron chi connectivity index (χ1n) is 14.0. The monoisotopic (exact) mass is 552 g/mol. The van der Waals surface area contributed by atoms with Gasteiger partial charge in [-0.3, -0.25) is 0 Å². The number of quaternary nitrogens is 1. The fourth-order valence-electron chi connectivity index (χ4n) is 4.90. The molecule has 2 unspecified atom stereocenters. The molecule has 3 amide bonds. The summed E-state index contributed by atoms with van der Waals surface area (Å²) in [5, 5.41) is 12.7. The molecule has 2 rings (SSSR count). The van der Waals surface area contributed by atoms with E-state index in [1.165, 1.54) is 6.42 Å². The van der Waals surface area contributed by atoms with Crippen LogP contribution in [-0.4, -0.2) is 59.1 Å². The van der Waals surface area contributed by atoms with Gasteiger partial charge >= 0.3 is 26.1 Å². The van der Waals surface area contributed by atoms with E-state index in [0.717, 1.165) is 37.7 Å². The van der Waals surface area contributed by atoms with Gasteiger partial charge in [0.25, 0.3) is 0 Å². The predicted molar refractivity (Wildman–Crippen MR) is 146 cm³/mol. The predicted octanol–water partition coefficient (Wildman–Crippen LogP) is 6.77. The van der Waals surface area contributed by atoms with Crippen LogP contribution in [-0.2, 0) is 25.2 Å². The molecule has 1 fully saturated rings. The number of nitrogens with one attached hydrogen (secondary N) is 1. The number of carbonyl (C=O) groups is 3. The molecule has 1 saturated heterocycles. The highest BCUT2D eigenvalue weighted by molar-refractivity contribution is 7.39. The van der Waals surface area contributed by atoms with Crippen LogP contribution in [0.25, 0.3) is 0 Å². The Balaban J connectivity index is 1.86. The van der Waals surface area contributed by atoms with Crippen LogP contribution in [0, 0.1) is 0 Å². The van der Waals surface area contributed by atoms with Gasteiger partial charge < -0.3 is 15.2 Å².